The molecule has 33 heavy (non-hydrogen) atoms. The first-order valence-electron chi connectivity index (χ1n) is 10.6. The van der Waals surface area contributed by atoms with Crippen molar-refractivity contribution in [3.05, 3.63) is 71.6 Å². The molecule has 0 aliphatic rings. The predicted molar refractivity (Wildman–Crippen MR) is 120 cm³/mol. The monoisotopic (exact) mass is 444 g/mol. The zero-order valence-electron chi connectivity index (χ0n) is 18.9. The van der Waals surface area contributed by atoms with Crippen LogP contribution in [0.25, 0.3) is 17.3 Å². The topological polar surface area (TPSA) is 109 Å². The van der Waals surface area contributed by atoms with Crippen LogP contribution in [-0.2, 0) is 18.6 Å². The van der Waals surface area contributed by atoms with E-state index >= 15 is 0 Å². The lowest BCUT2D eigenvalue weighted by atomic mass is 9.88. The molecular formula is C23H24N8O2. The number of aromatic nitrogens is 8. The number of hydrogen-bond donors (Lipinski definition) is 0. The molecule has 4 heterocycles. The van der Waals surface area contributed by atoms with Gasteiger partial charge in [0.25, 0.3) is 0 Å². The number of imidazole rings is 1. The molecule has 0 atom stereocenters. The van der Waals surface area contributed by atoms with Crippen LogP contribution in [0.3, 0.4) is 0 Å². The number of nitrogens with zero attached hydrogens (tertiary/aromatic N) is 8. The summed E-state index contributed by atoms with van der Waals surface area (Å²) in [5.74, 6) is 2.43. The molecular weight excluding hydrogens is 420 g/mol. The normalized spacial score (nSPS) is 11.9. The van der Waals surface area contributed by atoms with Crippen LogP contribution in [0.5, 0.6) is 5.88 Å². The molecule has 0 aliphatic heterocycles. The highest BCUT2D eigenvalue weighted by molar-refractivity contribution is 5.53. The average molecular weight is 444 g/mol. The fraction of sp³-hybridized carbons (Fsp3) is 0.304. The molecule has 10 nitrogen and oxygen atoms in total. The molecule has 168 valence electrons. The molecule has 0 N–H and O–H groups in total. The van der Waals surface area contributed by atoms with Gasteiger partial charge in [0, 0.05) is 31.4 Å². The van der Waals surface area contributed by atoms with Gasteiger partial charge in [0.05, 0.1) is 0 Å². The van der Waals surface area contributed by atoms with E-state index in [1.807, 2.05) is 30.5 Å². The van der Waals surface area contributed by atoms with Gasteiger partial charge < -0.3 is 13.8 Å². The number of aryl methyl sites for hydroxylation is 1. The second-order valence-corrected chi connectivity index (χ2v) is 8.79. The van der Waals surface area contributed by atoms with Gasteiger partial charge in [-0.2, -0.15) is 9.50 Å². The molecule has 10 heteroatoms. The molecule has 5 aromatic rings. The highest BCUT2D eigenvalue weighted by atomic mass is 16.5. The van der Waals surface area contributed by atoms with E-state index < -0.39 is 0 Å². The Morgan fingerprint density at radius 1 is 1.09 bits per heavy atom. The molecule has 0 unspecified atom stereocenters. The zero-order valence-corrected chi connectivity index (χ0v) is 18.9. The maximum Gasteiger partial charge on any atom is 0.242 e. The van der Waals surface area contributed by atoms with Crippen LogP contribution in [0, 0.1) is 6.92 Å². The smallest absolute Gasteiger partial charge is 0.242 e. The van der Waals surface area contributed by atoms with Crippen LogP contribution in [0.1, 0.15) is 43.6 Å². The van der Waals surface area contributed by atoms with Crippen LogP contribution in [0.4, 0.5) is 0 Å². The number of hydrogen-bond acceptors (Lipinski definition) is 8. The largest absolute Gasteiger partial charge is 0.468 e. The summed E-state index contributed by atoms with van der Waals surface area (Å²) in [5.41, 5.74) is 2.46. The molecule has 0 bridgehead atoms. The van der Waals surface area contributed by atoms with Crippen LogP contribution >= 0.6 is 0 Å². The van der Waals surface area contributed by atoms with Crippen molar-refractivity contribution in [2.24, 2.45) is 0 Å². The molecule has 0 saturated heterocycles. The van der Waals surface area contributed by atoms with E-state index in [4.69, 9.17) is 14.4 Å². The third-order valence-corrected chi connectivity index (χ3v) is 5.23. The van der Waals surface area contributed by atoms with Crippen molar-refractivity contribution in [1.82, 2.24) is 39.5 Å². The first-order chi connectivity index (χ1) is 15.9. The van der Waals surface area contributed by atoms with Crippen LogP contribution < -0.4 is 4.74 Å². The van der Waals surface area contributed by atoms with Crippen molar-refractivity contribution in [2.45, 2.75) is 46.3 Å². The third kappa shape index (κ3) is 4.19. The standard InChI is InChI=1S/C23H24N8O2/c1-15-25-20(29-33-15)21-27-26-18-12-17(23(2,3)4)22(28-31(18)21)32-14-19-24-10-11-30(19)13-16-8-6-5-7-9-16/h5-12H,13-14H2,1-4H3. The van der Waals surface area contributed by atoms with Gasteiger partial charge in [0.1, 0.15) is 12.4 Å². The van der Waals surface area contributed by atoms with Gasteiger partial charge in [0.2, 0.25) is 23.4 Å². The molecule has 0 fully saturated rings. The van der Waals surface area contributed by atoms with Gasteiger partial charge in [0.15, 0.2) is 5.65 Å². The quantitative estimate of drug-likeness (QED) is 0.391. The Morgan fingerprint density at radius 2 is 1.91 bits per heavy atom. The summed E-state index contributed by atoms with van der Waals surface area (Å²) in [5, 5.41) is 17.1. The van der Waals surface area contributed by atoms with E-state index in [-0.39, 0.29) is 12.0 Å². The highest BCUT2D eigenvalue weighted by Crippen LogP contribution is 2.31. The van der Waals surface area contributed by atoms with Gasteiger partial charge in [-0.3, -0.25) is 0 Å². The molecule has 0 saturated carbocycles. The fourth-order valence-electron chi connectivity index (χ4n) is 3.53. The van der Waals surface area contributed by atoms with Gasteiger partial charge in [-0.15, -0.1) is 15.3 Å². The SMILES string of the molecule is Cc1nc(-c2nnc3cc(C(C)(C)C)c(OCc4nccn4Cc4ccccc4)nn23)no1. The average Bonchev–Trinajstić information content (AvgIpc) is 3.51. The Bertz CT molecular complexity index is 1400. The lowest BCUT2D eigenvalue weighted by Crippen LogP contribution is -2.17. The van der Waals surface area contributed by atoms with Gasteiger partial charge >= 0.3 is 0 Å². The molecule has 1 aromatic carbocycles. The van der Waals surface area contributed by atoms with E-state index in [2.05, 4.69) is 62.8 Å². The van der Waals surface area contributed by atoms with E-state index in [9.17, 15) is 0 Å². The van der Waals surface area contributed by atoms with Gasteiger partial charge in [-0.1, -0.05) is 56.3 Å². The molecule has 0 amide bonds. The minimum absolute atomic E-state index is 0.224. The summed E-state index contributed by atoms with van der Waals surface area (Å²) in [6.07, 6.45) is 3.73. The highest BCUT2D eigenvalue weighted by Gasteiger charge is 2.25. The first-order valence-corrected chi connectivity index (χ1v) is 10.6. The second kappa shape index (κ2) is 8.12. The summed E-state index contributed by atoms with van der Waals surface area (Å²) in [7, 11) is 0. The Hall–Kier alpha value is -4.08. The molecule has 0 radical (unpaired) electrons. The van der Waals surface area contributed by atoms with E-state index in [0.29, 0.717) is 35.6 Å². The number of fused-ring (bicyclic) bond motifs is 1. The van der Waals surface area contributed by atoms with E-state index in [1.54, 1.807) is 17.6 Å². The summed E-state index contributed by atoms with van der Waals surface area (Å²) in [6.45, 7) is 9.00. The van der Waals surface area contributed by atoms with E-state index in [0.717, 1.165) is 11.4 Å². The maximum atomic E-state index is 6.22. The number of rotatable bonds is 6. The Morgan fingerprint density at radius 3 is 2.64 bits per heavy atom. The summed E-state index contributed by atoms with van der Waals surface area (Å²) < 4.78 is 15.0. The molecule has 0 spiro atoms. The summed E-state index contributed by atoms with van der Waals surface area (Å²) >= 11 is 0. The Balaban J connectivity index is 1.48. The summed E-state index contributed by atoms with van der Waals surface area (Å²) in [4.78, 5) is 8.73. The minimum atomic E-state index is -0.224. The van der Waals surface area contributed by atoms with Crippen molar-refractivity contribution in [3.63, 3.8) is 0 Å². The Kier molecular flexibility index (Phi) is 5.12. The first kappa shape index (κ1) is 20.8. The second-order valence-electron chi connectivity index (χ2n) is 8.79. The van der Waals surface area contributed by atoms with Crippen molar-refractivity contribution >= 4 is 5.65 Å². The van der Waals surface area contributed by atoms with Crippen molar-refractivity contribution < 1.29 is 9.26 Å². The Labute approximate surface area is 190 Å². The van der Waals surface area contributed by atoms with Crippen LogP contribution in [0.2, 0.25) is 0 Å². The lowest BCUT2D eigenvalue weighted by Gasteiger charge is -2.22. The fourth-order valence-corrected chi connectivity index (χ4v) is 3.53. The minimum Gasteiger partial charge on any atom is -0.468 e. The van der Waals surface area contributed by atoms with Gasteiger partial charge in [-0.05, 0) is 17.0 Å². The zero-order chi connectivity index (χ0) is 23.0. The van der Waals surface area contributed by atoms with Crippen LogP contribution in [0.15, 0.2) is 53.3 Å². The van der Waals surface area contributed by atoms with Crippen molar-refractivity contribution in [3.8, 4) is 17.5 Å². The predicted octanol–water partition coefficient (Wildman–Crippen LogP) is 3.60. The van der Waals surface area contributed by atoms with Crippen molar-refractivity contribution in [2.75, 3.05) is 0 Å². The summed E-state index contributed by atoms with van der Waals surface area (Å²) in [6, 6.07) is 12.2. The third-order valence-electron chi connectivity index (χ3n) is 5.23. The maximum absolute atomic E-state index is 6.22. The molecule has 4 aromatic heterocycles. The van der Waals surface area contributed by atoms with Crippen molar-refractivity contribution in [1.29, 1.82) is 0 Å². The van der Waals surface area contributed by atoms with Gasteiger partial charge in [-0.25, -0.2) is 4.98 Å². The number of benzene rings is 1. The molecule has 0 aliphatic carbocycles. The van der Waals surface area contributed by atoms with Crippen LogP contribution in [-0.4, -0.2) is 39.5 Å². The van der Waals surface area contributed by atoms with E-state index in [1.165, 1.54) is 5.56 Å². The molecule has 5 rings (SSSR count). The lowest BCUT2D eigenvalue weighted by molar-refractivity contribution is 0.267. The number of ether oxygens (including phenoxy) is 1.